The Morgan fingerprint density at radius 3 is 2.33 bits per heavy atom. The second-order valence-electron chi connectivity index (χ2n) is 4.29. The van der Waals surface area contributed by atoms with Crippen LogP contribution < -0.4 is 5.32 Å². The third-order valence-electron chi connectivity index (χ3n) is 2.86. The van der Waals surface area contributed by atoms with Crippen molar-refractivity contribution in [3.8, 4) is 0 Å². The van der Waals surface area contributed by atoms with Crippen LogP contribution in [0.25, 0.3) is 6.08 Å². The van der Waals surface area contributed by atoms with Crippen molar-refractivity contribution in [2.75, 3.05) is 20.1 Å². The molecule has 0 aliphatic rings. The van der Waals surface area contributed by atoms with Crippen LogP contribution in [0.15, 0.2) is 30.3 Å². The van der Waals surface area contributed by atoms with E-state index in [4.69, 9.17) is 5.11 Å². The number of likely N-dealkylation sites (N-methyl/N-ethyl adjacent to an activating group) is 2. The van der Waals surface area contributed by atoms with E-state index >= 15 is 0 Å². The number of carbonyl (C=O) groups is 3. The maximum atomic E-state index is 12.2. The van der Waals surface area contributed by atoms with E-state index in [9.17, 15) is 14.4 Å². The van der Waals surface area contributed by atoms with Crippen LogP contribution in [0.1, 0.15) is 22.8 Å². The topological polar surface area (TPSA) is 86.7 Å². The molecule has 1 aromatic carbocycles. The van der Waals surface area contributed by atoms with E-state index in [0.29, 0.717) is 17.7 Å². The Bertz CT molecular complexity index is 549. The largest absolute Gasteiger partial charge is 0.478 e. The van der Waals surface area contributed by atoms with Crippen molar-refractivity contribution in [3.63, 3.8) is 0 Å². The molecule has 1 aromatic rings. The number of benzene rings is 1. The van der Waals surface area contributed by atoms with Gasteiger partial charge in [0.2, 0.25) is 5.91 Å². The highest BCUT2D eigenvalue weighted by Crippen LogP contribution is 2.09. The maximum Gasteiger partial charge on any atom is 0.328 e. The summed E-state index contributed by atoms with van der Waals surface area (Å²) in [7, 11) is 1.52. The molecule has 112 valence electrons. The van der Waals surface area contributed by atoms with Crippen molar-refractivity contribution < 1.29 is 19.5 Å². The molecule has 2 amide bonds. The van der Waals surface area contributed by atoms with Crippen LogP contribution in [0.5, 0.6) is 0 Å². The number of rotatable bonds is 6. The molecule has 0 saturated heterocycles. The number of carboxylic acid groups (broad SMARTS) is 1. The summed E-state index contributed by atoms with van der Waals surface area (Å²) in [6.07, 6.45) is 2.47. The number of nitrogens with one attached hydrogen (secondary N) is 1. The highest BCUT2D eigenvalue weighted by Gasteiger charge is 2.16. The van der Waals surface area contributed by atoms with Gasteiger partial charge in [0.1, 0.15) is 0 Å². The Hall–Kier alpha value is -2.63. The lowest BCUT2D eigenvalue weighted by Crippen LogP contribution is -2.39. The van der Waals surface area contributed by atoms with Crippen LogP contribution in [0.4, 0.5) is 0 Å². The summed E-state index contributed by atoms with van der Waals surface area (Å²) in [6.45, 7) is 2.23. The molecule has 0 unspecified atom stereocenters. The van der Waals surface area contributed by atoms with Crippen molar-refractivity contribution in [1.29, 1.82) is 0 Å². The van der Waals surface area contributed by atoms with Crippen molar-refractivity contribution in [2.45, 2.75) is 6.92 Å². The number of nitrogens with zero attached hydrogens (tertiary/aromatic N) is 1. The van der Waals surface area contributed by atoms with Gasteiger partial charge in [-0.25, -0.2) is 4.79 Å². The van der Waals surface area contributed by atoms with Gasteiger partial charge in [0.05, 0.1) is 6.54 Å². The molecule has 0 aliphatic carbocycles. The summed E-state index contributed by atoms with van der Waals surface area (Å²) in [5.41, 5.74) is 1.14. The predicted molar refractivity (Wildman–Crippen MR) is 78.8 cm³/mol. The van der Waals surface area contributed by atoms with E-state index in [1.807, 2.05) is 0 Å². The first kappa shape index (κ1) is 16.4. The van der Waals surface area contributed by atoms with Gasteiger partial charge in [-0.3, -0.25) is 9.59 Å². The fraction of sp³-hybridized carbons (Fsp3) is 0.267. The highest BCUT2D eigenvalue weighted by molar-refractivity contribution is 5.96. The Kier molecular flexibility index (Phi) is 6.13. The zero-order valence-electron chi connectivity index (χ0n) is 12.0. The molecule has 6 heteroatoms. The average molecular weight is 290 g/mol. The summed E-state index contributed by atoms with van der Waals surface area (Å²) < 4.78 is 0. The maximum absolute atomic E-state index is 12.2. The van der Waals surface area contributed by atoms with Gasteiger partial charge in [0, 0.05) is 25.2 Å². The summed E-state index contributed by atoms with van der Waals surface area (Å²) in [5.74, 6) is -1.50. The lowest BCUT2D eigenvalue weighted by Gasteiger charge is -2.19. The molecule has 0 radical (unpaired) electrons. The molecule has 21 heavy (non-hydrogen) atoms. The van der Waals surface area contributed by atoms with Crippen molar-refractivity contribution in [3.05, 3.63) is 41.5 Å². The SMILES string of the molecule is CCN(CC(=O)NC)C(=O)c1ccc(C=CC(=O)O)cc1. The zero-order valence-corrected chi connectivity index (χ0v) is 12.0. The molecule has 0 atom stereocenters. The lowest BCUT2D eigenvalue weighted by molar-refractivity contribution is -0.131. The fourth-order valence-electron chi connectivity index (χ4n) is 1.67. The van der Waals surface area contributed by atoms with E-state index in [0.717, 1.165) is 6.08 Å². The number of aliphatic carboxylic acids is 1. The van der Waals surface area contributed by atoms with Gasteiger partial charge >= 0.3 is 5.97 Å². The van der Waals surface area contributed by atoms with E-state index in [2.05, 4.69) is 5.32 Å². The summed E-state index contributed by atoms with van der Waals surface area (Å²) in [4.78, 5) is 35.4. The number of carbonyl (C=O) groups excluding carboxylic acids is 2. The molecule has 0 aliphatic heterocycles. The first-order chi connectivity index (χ1) is 9.97. The minimum absolute atomic E-state index is 0.00645. The fourth-order valence-corrected chi connectivity index (χ4v) is 1.67. The minimum Gasteiger partial charge on any atom is -0.478 e. The van der Waals surface area contributed by atoms with Gasteiger partial charge in [-0.1, -0.05) is 12.1 Å². The van der Waals surface area contributed by atoms with E-state index in [1.54, 1.807) is 31.2 Å². The van der Waals surface area contributed by atoms with Crippen LogP contribution in [0.2, 0.25) is 0 Å². The molecule has 0 bridgehead atoms. The highest BCUT2D eigenvalue weighted by atomic mass is 16.4. The monoisotopic (exact) mass is 290 g/mol. The predicted octanol–water partition coefficient (Wildman–Crippen LogP) is 0.992. The van der Waals surface area contributed by atoms with Crippen molar-refractivity contribution >= 4 is 23.9 Å². The smallest absolute Gasteiger partial charge is 0.328 e. The summed E-state index contributed by atoms with van der Waals surface area (Å²) in [6, 6.07) is 6.52. The minimum atomic E-state index is -1.03. The van der Waals surface area contributed by atoms with Gasteiger partial charge in [-0.2, -0.15) is 0 Å². The normalized spacial score (nSPS) is 10.4. The molecule has 6 nitrogen and oxygen atoms in total. The molecule has 0 fully saturated rings. The van der Waals surface area contributed by atoms with Crippen LogP contribution in [0, 0.1) is 0 Å². The Morgan fingerprint density at radius 1 is 1.24 bits per heavy atom. The standard InChI is InChI=1S/C15H18N2O4/c1-3-17(10-13(18)16-2)15(21)12-7-4-11(5-8-12)6-9-14(19)20/h4-9H,3,10H2,1-2H3,(H,16,18)(H,19,20). The van der Waals surface area contributed by atoms with Gasteiger partial charge in [-0.05, 0) is 30.7 Å². The number of amides is 2. The van der Waals surface area contributed by atoms with Gasteiger partial charge in [0.25, 0.3) is 5.91 Å². The first-order valence-electron chi connectivity index (χ1n) is 6.48. The van der Waals surface area contributed by atoms with Crippen LogP contribution in [-0.4, -0.2) is 47.9 Å². The molecule has 1 rings (SSSR count). The molecule has 2 N–H and O–H groups in total. The Balaban J connectivity index is 2.82. The van der Waals surface area contributed by atoms with Gasteiger partial charge < -0.3 is 15.3 Å². The number of hydrogen-bond acceptors (Lipinski definition) is 3. The van der Waals surface area contributed by atoms with Gasteiger partial charge in [0.15, 0.2) is 0 Å². The third kappa shape index (κ3) is 5.10. The van der Waals surface area contributed by atoms with Crippen LogP contribution in [0.3, 0.4) is 0 Å². The molecule has 0 aromatic heterocycles. The molecule has 0 spiro atoms. The molecule has 0 heterocycles. The second kappa shape index (κ2) is 7.84. The van der Waals surface area contributed by atoms with Crippen molar-refractivity contribution in [2.24, 2.45) is 0 Å². The first-order valence-corrected chi connectivity index (χ1v) is 6.48. The molecular formula is C15H18N2O4. The molecule has 0 saturated carbocycles. The van der Waals surface area contributed by atoms with E-state index in [1.165, 1.54) is 18.0 Å². The van der Waals surface area contributed by atoms with E-state index < -0.39 is 5.97 Å². The quantitative estimate of drug-likeness (QED) is 0.765. The molecular weight excluding hydrogens is 272 g/mol. The lowest BCUT2D eigenvalue weighted by atomic mass is 10.1. The van der Waals surface area contributed by atoms with Crippen molar-refractivity contribution in [1.82, 2.24) is 10.2 Å². The number of carboxylic acids is 1. The number of hydrogen-bond donors (Lipinski definition) is 2. The second-order valence-corrected chi connectivity index (χ2v) is 4.29. The van der Waals surface area contributed by atoms with Crippen LogP contribution >= 0.6 is 0 Å². The zero-order chi connectivity index (χ0) is 15.8. The summed E-state index contributed by atoms with van der Waals surface area (Å²) >= 11 is 0. The third-order valence-corrected chi connectivity index (χ3v) is 2.86. The Labute approximate surface area is 123 Å². The summed E-state index contributed by atoms with van der Waals surface area (Å²) in [5, 5.41) is 11.0. The van der Waals surface area contributed by atoms with E-state index in [-0.39, 0.29) is 18.4 Å². The average Bonchev–Trinajstić information content (AvgIpc) is 2.50. The Morgan fingerprint density at radius 2 is 1.86 bits per heavy atom. The van der Waals surface area contributed by atoms with Crippen LogP contribution in [-0.2, 0) is 9.59 Å². The van der Waals surface area contributed by atoms with Gasteiger partial charge in [-0.15, -0.1) is 0 Å².